The highest BCUT2D eigenvalue weighted by Crippen LogP contribution is 2.24. The predicted molar refractivity (Wildman–Crippen MR) is 178 cm³/mol. The summed E-state index contributed by atoms with van der Waals surface area (Å²) in [7, 11) is 7.09. The largest absolute Gasteiger partial charge is 0.480 e. The van der Waals surface area contributed by atoms with E-state index in [-0.39, 0.29) is 11.5 Å². The van der Waals surface area contributed by atoms with Crippen LogP contribution in [0.1, 0.15) is 32.1 Å². The highest BCUT2D eigenvalue weighted by molar-refractivity contribution is 8.77. The van der Waals surface area contributed by atoms with Crippen molar-refractivity contribution in [1.29, 1.82) is 0 Å². The molecule has 0 aromatic carbocycles. The van der Waals surface area contributed by atoms with Crippen molar-refractivity contribution in [2.45, 2.75) is 56.3 Å². The maximum Gasteiger partial charge on any atom is 0.322 e. The molecule has 1 aliphatic rings. The van der Waals surface area contributed by atoms with Crippen LogP contribution in [0, 0.1) is 5.92 Å². The standard InChI is InChI=1S/C10H20N2O4S2.C8H16N2O4S2.C6H10O4S/c1-15-9(13)7(11)3-5-17-18-6-4-8(12)10(14)16-2;9-5(7(11)12)1-3-15-16-4-2-6(10)8(13)14;1-10-6(7)5-2-3-11(8,9)4-5/h7-8H,3-6,11-12H2,1-2H3;5-6H,1-4,9-10H2,(H,11,12)(H,13,14);5H,2-4H2,1H3/t7-,8-;5-,6-;/m00./s1. The van der Waals surface area contributed by atoms with Gasteiger partial charge in [-0.1, -0.05) is 43.2 Å². The number of rotatable bonds is 19. The Labute approximate surface area is 279 Å². The lowest BCUT2D eigenvalue weighted by atomic mass is 10.1. The number of hydrogen-bond donors (Lipinski definition) is 6. The zero-order chi connectivity index (χ0) is 35.0. The Balaban J connectivity index is 0. The molecule has 1 fully saturated rings. The third-order valence-corrected chi connectivity index (χ3v) is 12.3. The first kappa shape index (κ1) is 45.7. The molecule has 16 nitrogen and oxygen atoms in total. The van der Waals surface area contributed by atoms with Gasteiger partial charge in [0.25, 0.3) is 0 Å². The molecular formula is C24H46N4O12S5. The van der Waals surface area contributed by atoms with Gasteiger partial charge in [0.15, 0.2) is 9.84 Å². The van der Waals surface area contributed by atoms with Crippen LogP contribution >= 0.6 is 43.2 Å². The predicted octanol–water partition coefficient (Wildman–Crippen LogP) is -0.285. The summed E-state index contributed by atoms with van der Waals surface area (Å²) in [5.41, 5.74) is 21.7. The van der Waals surface area contributed by atoms with E-state index in [1.165, 1.54) is 42.9 Å². The molecule has 1 aliphatic heterocycles. The van der Waals surface area contributed by atoms with Gasteiger partial charge in [0.1, 0.15) is 24.2 Å². The fourth-order valence-electron chi connectivity index (χ4n) is 2.87. The van der Waals surface area contributed by atoms with Gasteiger partial charge in [-0.15, -0.1) is 0 Å². The lowest BCUT2D eigenvalue weighted by molar-refractivity contribution is -0.144. The van der Waals surface area contributed by atoms with Crippen LogP contribution in [0.4, 0.5) is 0 Å². The summed E-state index contributed by atoms with van der Waals surface area (Å²) in [6.45, 7) is 0. The van der Waals surface area contributed by atoms with Gasteiger partial charge < -0.3 is 47.4 Å². The molecule has 45 heavy (non-hydrogen) atoms. The number of aliphatic carboxylic acids is 2. The number of ether oxygens (including phenoxy) is 3. The third-order valence-electron chi connectivity index (χ3n) is 5.62. The number of carbonyl (C=O) groups is 5. The Hall–Kier alpha value is -1.46. The molecule has 0 amide bonds. The highest BCUT2D eigenvalue weighted by atomic mass is 33.1. The Kier molecular flexibility index (Phi) is 27.0. The van der Waals surface area contributed by atoms with Crippen molar-refractivity contribution in [3.63, 3.8) is 0 Å². The second kappa shape index (κ2) is 26.6. The molecule has 0 spiro atoms. The molecule has 1 unspecified atom stereocenters. The first-order valence-corrected chi connectivity index (χ1v) is 20.2. The fourth-order valence-corrected chi connectivity index (χ4v) is 9.04. The summed E-state index contributed by atoms with van der Waals surface area (Å²) in [4.78, 5) is 53.5. The second-order valence-corrected chi connectivity index (χ2v) is 16.8. The lowest BCUT2D eigenvalue weighted by Gasteiger charge is -2.09. The van der Waals surface area contributed by atoms with Crippen LogP contribution in [-0.2, 0) is 48.0 Å². The molecule has 264 valence electrons. The summed E-state index contributed by atoms with van der Waals surface area (Å²) >= 11 is 0. The number of esters is 3. The molecule has 0 aromatic rings. The van der Waals surface area contributed by atoms with Gasteiger partial charge in [0, 0.05) is 23.0 Å². The van der Waals surface area contributed by atoms with Gasteiger partial charge in [0.05, 0.1) is 38.8 Å². The van der Waals surface area contributed by atoms with E-state index in [9.17, 15) is 32.4 Å². The lowest BCUT2D eigenvalue weighted by Crippen LogP contribution is -2.32. The molecular weight excluding hydrogens is 697 g/mol. The maximum atomic E-state index is 11.0. The van der Waals surface area contributed by atoms with E-state index in [1.807, 2.05) is 0 Å². The van der Waals surface area contributed by atoms with E-state index < -0.39 is 69.8 Å². The molecule has 0 aliphatic carbocycles. The summed E-state index contributed by atoms with van der Waals surface area (Å²) < 4.78 is 35.2. The van der Waals surface area contributed by atoms with Crippen molar-refractivity contribution in [1.82, 2.24) is 0 Å². The summed E-state index contributed by atoms with van der Waals surface area (Å²) in [5, 5.41) is 17.0. The Morgan fingerprint density at radius 3 is 1.24 bits per heavy atom. The molecule has 1 saturated heterocycles. The molecule has 0 radical (unpaired) electrons. The number of carbonyl (C=O) groups excluding carboxylic acids is 3. The Morgan fingerprint density at radius 2 is 1.00 bits per heavy atom. The zero-order valence-corrected chi connectivity index (χ0v) is 29.6. The molecule has 0 saturated carbocycles. The van der Waals surface area contributed by atoms with Crippen LogP contribution in [0.5, 0.6) is 0 Å². The maximum absolute atomic E-state index is 11.0. The van der Waals surface area contributed by atoms with Gasteiger partial charge >= 0.3 is 29.8 Å². The van der Waals surface area contributed by atoms with Gasteiger partial charge in [-0.25, -0.2) is 8.42 Å². The number of hydrogen-bond acceptors (Lipinski definition) is 18. The van der Waals surface area contributed by atoms with Crippen LogP contribution < -0.4 is 22.9 Å². The van der Waals surface area contributed by atoms with Crippen molar-refractivity contribution >= 4 is 82.9 Å². The van der Waals surface area contributed by atoms with Crippen LogP contribution in [0.15, 0.2) is 0 Å². The van der Waals surface area contributed by atoms with Crippen LogP contribution in [0.2, 0.25) is 0 Å². The third kappa shape index (κ3) is 24.4. The minimum atomic E-state index is -2.95. The topological polar surface area (TPSA) is 292 Å². The average molecular weight is 743 g/mol. The first-order chi connectivity index (χ1) is 21.0. The average Bonchev–Trinajstić information content (AvgIpc) is 3.38. The van der Waals surface area contributed by atoms with E-state index >= 15 is 0 Å². The van der Waals surface area contributed by atoms with Gasteiger partial charge in [0.2, 0.25) is 0 Å². The van der Waals surface area contributed by atoms with Crippen LogP contribution in [0.25, 0.3) is 0 Å². The van der Waals surface area contributed by atoms with Gasteiger partial charge in [-0.2, -0.15) is 0 Å². The molecule has 21 heteroatoms. The Bertz CT molecular complexity index is 959. The van der Waals surface area contributed by atoms with E-state index in [1.54, 1.807) is 21.6 Å². The number of methoxy groups -OCH3 is 3. The van der Waals surface area contributed by atoms with Gasteiger partial charge in [-0.05, 0) is 32.1 Å². The number of carboxylic acids is 2. The van der Waals surface area contributed by atoms with Crippen molar-refractivity contribution in [3.05, 3.63) is 0 Å². The molecule has 5 atom stereocenters. The van der Waals surface area contributed by atoms with Crippen molar-refractivity contribution in [3.8, 4) is 0 Å². The summed E-state index contributed by atoms with van der Waals surface area (Å²) in [5.74, 6) is -0.814. The summed E-state index contributed by atoms with van der Waals surface area (Å²) in [6, 6.07) is -2.79. The molecule has 1 heterocycles. The van der Waals surface area contributed by atoms with Crippen molar-refractivity contribution in [2.75, 3.05) is 55.8 Å². The first-order valence-electron chi connectivity index (χ1n) is 13.4. The molecule has 1 rings (SSSR count). The smallest absolute Gasteiger partial charge is 0.322 e. The molecule has 0 bridgehead atoms. The number of carboxylic acid groups (broad SMARTS) is 2. The van der Waals surface area contributed by atoms with Crippen molar-refractivity contribution in [2.24, 2.45) is 28.9 Å². The van der Waals surface area contributed by atoms with Crippen molar-refractivity contribution < 1.29 is 56.8 Å². The van der Waals surface area contributed by atoms with E-state index in [0.29, 0.717) is 43.6 Å². The fraction of sp³-hybridized carbons (Fsp3) is 0.792. The van der Waals surface area contributed by atoms with Gasteiger partial charge in [-0.3, -0.25) is 24.0 Å². The minimum absolute atomic E-state index is 0.0420. The minimum Gasteiger partial charge on any atom is -0.480 e. The number of sulfone groups is 1. The molecule has 0 aromatic heterocycles. The monoisotopic (exact) mass is 742 g/mol. The van der Waals surface area contributed by atoms with E-state index in [0.717, 1.165) is 11.5 Å². The normalized spacial score (nSPS) is 17.5. The molecule has 10 N–H and O–H groups in total. The second-order valence-electron chi connectivity index (χ2n) is 9.21. The number of nitrogens with two attached hydrogens (primary N) is 4. The zero-order valence-electron chi connectivity index (χ0n) is 25.5. The quantitative estimate of drug-likeness (QED) is 0.0429. The Morgan fingerprint density at radius 1 is 0.667 bits per heavy atom. The SMILES string of the molecule is COC(=O)C1CCS(=O)(=O)C1.COC(=O)[C@@H](N)CCSSCC[C@H](N)C(=O)OC.N[C@@H](CCSSCC[C@H](N)C(=O)O)C(=O)O. The van der Waals surface area contributed by atoms with E-state index in [2.05, 4.69) is 14.2 Å². The van der Waals surface area contributed by atoms with Crippen LogP contribution in [-0.4, -0.2) is 128 Å². The summed E-state index contributed by atoms with van der Waals surface area (Å²) in [6.07, 6.45) is 2.34. The van der Waals surface area contributed by atoms with Crippen LogP contribution in [0.3, 0.4) is 0 Å². The highest BCUT2D eigenvalue weighted by Gasteiger charge is 2.33. The van der Waals surface area contributed by atoms with E-state index in [4.69, 9.17) is 33.1 Å².